The Morgan fingerprint density at radius 1 is 1.59 bits per heavy atom. The number of carboxylic acids is 1. The Morgan fingerprint density at radius 3 is 3.00 bits per heavy atom. The summed E-state index contributed by atoms with van der Waals surface area (Å²) in [6.07, 6.45) is 0.840. The van der Waals surface area contributed by atoms with Crippen LogP contribution in [0, 0.1) is 6.92 Å². The highest BCUT2D eigenvalue weighted by atomic mass is 32.1. The second kappa shape index (κ2) is 4.70. The zero-order valence-electron chi connectivity index (χ0n) is 9.39. The number of aromatic nitrogens is 1. The molecular formula is C10H13N3O3S. The molecule has 1 fully saturated rings. The van der Waals surface area contributed by atoms with E-state index >= 15 is 0 Å². The van der Waals surface area contributed by atoms with Crippen molar-refractivity contribution in [3.05, 3.63) is 10.6 Å². The fraction of sp³-hybridized carbons (Fsp3) is 0.500. The van der Waals surface area contributed by atoms with E-state index in [-0.39, 0.29) is 17.3 Å². The Kier molecular flexibility index (Phi) is 3.28. The predicted octanol–water partition coefficient (Wildman–Crippen LogP) is 0.476. The monoisotopic (exact) mass is 255 g/mol. The number of aromatic carboxylic acids is 1. The topological polar surface area (TPSA) is 82.5 Å². The number of aryl methyl sites for hydroxylation is 1. The van der Waals surface area contributed by atoms with Gasteiger partial charge in [-0.1, -0.05) is 11.3 Å². The standard InChI is InChI=1S/C10H13N3O3S/c1-6-8(9(15)16)17-10(12-6)13-4-2-3-11-7(14)5-13/h2-5H2,1H3,(H,11,14)(H,15,16). The number of hydrogen-bond acceptors (Lipinski definition) is 5. The Hall–Kier alpha value is -1.63. The number of nitrogens with one attached hydrogen (secondary N) is 1. The molecule has 0 atom stereocenters. The lowest BCUT2D eigenvalue weighted by Gasteiger charge is -2.16. The first kappa shape index (κ1) is 11.8. The molecule has 0 unspecified atom stereocenters. The molecule has 0 spiro atoms. The average Bonchev–Trinajstić information content (AvgIpc) is 2.51. The maximum Gasteiger partial charge on any atom is 0.347 e. The van der Waals surface area contributed by atoms with Crippen molar-refractivity contribution in [2.75, 3.05) is 24.5 Å². The van der Waals surface area contributed by atoms with Gasteiger partial charge in [0.2, 0.25) is 5.91 Å². The third-order valence-corrected chi connectivity index (χ3v) is 3.72. The minimum atomic E-state index is -0.967. The molecule has 6 nitrogen and oxygen atoms in total. The van der Waals surface area contributed by atoms with Crippen LogP contribution in [-0.4, -0.2) is 41.6 Å². The van der Waals surface area contributed by atoms with Gasteiger partial charge < -0.3 is 15.3 Å². The third kappa shape index (κ3) is 2.55. The van der Waals surface area contributed by atoms with Crippen molar-refractivity contribution < 1.29 is 14.7 Å². The fourth-order valence-corrected chi connectivity index (χ4v) is 2.62. The van der Waals surface area contributed by atoms with Crippen molar-refractivity contribution in [1.82, 2.24) is 10.3 Å². The normalized spacial score (nSPS) is 16.5. The molecule has 1 aromatic heterocycles. The number of amides is 1. The van der Waals surface area contributed by atoms with Gasteiger partial charge >= 0.3 is 5.97 Å². The molecule has 2 rings (SSSR count). The fourth-order valence-electron chi connectivity index (χ4n) is 1.69. The quantitative estimate of drug-likeness (QED) is 0.803. The maximum atomic E-state index is 11.4. The third-order valence-electron chi connectivity index (χ3n) is 2.51. The molecule has 1 aliphatic heterocycles. The first-order valence-corrected chi connectivity index (χ1v) is 6.12. The van der Waals surface area contributed by atoms with E-state index in [1.165, 1.54) is 0 Å². The highest BCUT2D eigenvalue weighted by molar-refractivity contribution is 7.17. The number of carboxylic acid groups (broad SMARTS) is 1. The van der Waals surface area contributed by atoms with Crippen molar-refractivity contribution in [3.8, 4) is 0 Å². The summed E-state index contributed by atoms with van der Waals surface area (Å²) in [5.41, 5.74) is 0.502. The Balaban J connectivity index is 2.23. The summed E-state index contributed by atoms with van der Waals surface area (Å²) in [5.74, 6) is -1.02. The second-order valence-corrected chi connectivity index (χ2v) is 4.82. The molecule has 1 aromatic rings. The molecule has 0 aromatic carbocycles. The number of rotatable bonds is 2. The number of hydrogen-bond donors (Lipinski definition) is 2. The van der Waals surface area contributed by atoms with Gasteiger partial charge in [0.1, 0.15) is 4.88 Å². The minimum Gasteiger partial charge on any atom is -0.477 e. The van der Waals surface area contributed by atoms with Crippen LogP contribution in [0.2, 0.25) is 0 Å². The first-order chi connectivity index (χ1) is 8.08. The molecule has 92 valence electrons. The summed E-state index contributed by atoms with van der Waals surface area (Å²) in [6, 6.07) is 0. The summed E-state index contributed by atoms with van der Waals surface area (Å²) in [7, 11) is 0. The molecule has 1 amide bonds. The zero-order chi connectivity index (χ0) is 12.4. The number of carbonyl (C=O) groups excluding carboxylic acids is 1. The lowest BCUT2D eigenvalue weighted by atomic mass is 10.4. The number of anilines is 1. The number of carbonyl (C=O) groups is 2. The van der Waals surface area contributed by atoms with E-state index in [0.717, 1.165) is 17.8 Å². The average molecular weight is 255 g/mol. The number of thiazole rings is 1. The van der Waals surface area contributed by atoms with Crippen molar-refractivity contribution in [2.24, 2.45) is 0 Å². The van der Waals surface area contributed by atoms with Crippen LogP contribution in [0.5, 0.6) is 0 Å². The SMILES string of the molecule is Cc1nc(N2CCCNC(=O)C2)sc1C(=O)O. The maximum absolute atomic E-state index is 11.4. The summed E-state index contributed by atoms with van der Waals surface area (Å²) in [4.78, 5) is 28.6. The summed E-state index contributed by atoms with van der Waals surface area (Å²) in [6.45, 7) is 3.28. The molecule has 2 N–H and O–H groups in total. The van der Waals surface area contributed by atoms with Gasteiger partial charge in [-0.3, -0.25) is 4.79 Å². The summed E-state index contributed by atoms with van der Waals surface area (Å²) < 4.78 is 0. The van der Waals surface area contributed by atoms with Crippen LogP contribution in [0.25, 0.3) is 0 Å². The van der Waals surface area contributed by atoms with Gasteiger partial charge in [0.05, 0.1) is 12.2 Å². The van der Waals surface area contributed by atoms with E-state index in [1.807, 2.05) is 4.90 Å². The second-order valence-electron chi connectivity index (χ2n) is 3.84. The van der Waals surface area contributed by atoms with E-state index in [1.54, 1.807) is 6.92 Å². The molecule has 1 aliphatic rings. The van der Waals surface area contributed by atoms with Crippen molar-refractivity contribution in [1.29, 1.82) is 0 Å². The van der Waals surface area contributed by atoms with Gasteiger partial charge in [0.25, 0.3) is 0 Å². The van der Waals surface area contributed by atoms with Crippen molar-refractivity contribution in [3.63, 3.8) is 0 Å². The van der Waals surface area contributed by atoms with E-state index in [0.29, 0.717) is 23.9 Å². The lowest BCUT2D eigenvalue weighted by molar-refractivity contribution is -0.119. The molecule has 7 heteroatoms. The molecule has 0 bridgehead atoms. The van der Waals surface area contributed by atoms with E-state index in [4.69, 9.17) is 5.11 Å². The zero-order valence-corrected chi connectivity index (χ0v) is 10.2. The van der Waals surface area contributed by atoms with Crippen LogP contribution < -0.4 is 10.2 Å². The van der Waals surface area contributed by atoms with Gasteiger partial charge in [0.15, 0.2) is 5.13 Å². The summed E-state index contributed by atoms with van der Waals surface area (Å²) in [5, 5.41) is 12.3. The molecule has 17 heavy (non-hydrogen) atoms. The predicted molar refractivity (Wildman–Crippen MR) is 63.7 cm³/mol. The van der Waals surface area contributed by atoms with Crippen LogP contribution in [0.3, 0.4) is 0 Å². The molecule has 1 saturated heterocycles. The van der Waals surface area contributed by atoms with Gasteiger partial charge in [-0.05, 0) is 13.3 Å². The smallest absolute Gasteiger partial charge is 0.347 e. The van der Waals surface area contributed by atoms with Crippen LogP contribution in [0.1, 0.15) is 21.8 Å². The van der Waals surface area contributed by atoms with Crippen LogP contribution in [-0.2, 0) is 4.79 Å². The highest BCUT2D eigenvalue weighted by Crippen LogP contribution is 2.26. The van der Waals surface area contributed by atoms with Crippen LogP contribution >= 0.6 is 11.3 Å². The largest absolute Gasteiger partial charge is 0.477 e. The lowest BCUT2D eigenvalue weighted by Crippen LogP contribution is -2.32. The summed E-state index contributed by atoms with van der Waals surface area (Å²) >= 11 is 1.12. The van der Waals surface area contributed by atoms with Crippen LogP contribution in [0.4, 0.5) is 5.13 Å². The Labute approximate surface area is 102 Å². The highest BCUT2D eigenvalue weighted by Gasteiger charge is 2.21. The molecule has 0 saturated carbocycles. The molecule has 0 aliphatic carbocycles. The van der Waals surface area contributed by atoms with Gasteiger partial charge in [-0.2, -0.15) is 0 Å². The van der Waals surface area contributed by atoms with E-state index in [2.05, 4.69) is 10.3 Å². The molecule has 0 radical (unpaired) electrons. The van der Waals surface area contributed by atoms with Crippen molar-refractivity contribution in [2.45, 2.75) is 13.3 Å². The van der Waals surface area contributed by atoms with E-state index < -0.39 is 5.97 Å². The minimum absolute atomic E-state index is 0.0489. The molecular weight excluding hydrogens is 242 g/mol. The van der Waals surface area contributed by atoms with Crippen LogP contribution in [0.15, 0.2) is 0 Å². The first-order valence-electron chi connectivity index (χ1n) is 5.30. The van der Waals surface area contributed by atoms with Gasteiger partial charge in [0, 0.05) is 13.1 Å². The number of nitrogens with zero attached hydrogens (tertiary/aromatic N) is 2. The van der Waals surface area contributed by atoms with E-state index in [9.17, 15) is 9.59 Å². The Bertz CT molecular complexity index is 458. The van der Waals surface area contributed by atoms with Crippen molar-refractivity contribution >= 4 is 28.3 Å². The van der Waals surface area contributed by atoms with Gasteiger partial charge in [-0.15, -0.1) is 0 Å². The Morgan fingerprint density at radius 2 is 2.35 bits per heavy atom. The van der Waals surface area contributed by atoms with Gasteiger partial charge in [-0.25, -0.2) is 9.78 Å². The molecule has 2 heterocycles.